The first-order chi connectivity index (χ1) is 17.8. The van der Waals surface area contributed by atoms with E-state index in [0.29, 0.717) is 30.1 Å². The Morgan fingerprint density at radius 2 is 1.84 bits per heavy atom. The van der Waals surface area contributed by atoms with Crippen LogP contribution in [0.25, 0.3) is 11.3 Å². The van der Waals surface area contributed by atoms with Crippen molar-refractivity contribution in [2.24, 2.45) is 0 Å². The number of carboxylic acid groups (broad SMARTS) is 1. The minimum Gasteiger partial charge on any atom is -0.477 e. The first-order valence-corrected chi connectivity index (χ1v) is 12.4. The first-order valence-electron chi connectivity index (χ1n) is 12.4. The minimum absolute atomic E-state index is 0.00500. The van der Waals surface area contributed by atoms with Crippen molar-refractivity contribution in [1.29, 1.82) is 0 Å². The number of aromatic carboxylic acids is 1. The molecule has 0 radical (unpaired) electrons. The summed E-state index contributed by atoms with van der Waals surface area (Å²) < 4.78 is 53.1. The summed E-state index contributed by atoms with van der Waals surface area (Å²) in [5.41, 5.74) is -0.0217. The Kier molecular flexibility index (Phi) is 5.89. The fourth-order valence-corrected chi connectivity index (χ4v) is 5.66. The van der Waals surface area contributed by atoms with Crippen LogP contribution >= 0.6 is 0 Å². The zero-order chi connectivity index (χ0) is 25.7. The lowest BCUT2D eigenvalue weighted by Crippen LogP contribution is -2.46. The highest BCUT2D eigenvalue weighted by atomic mass is 19.4. The monoisotopic (exact) mass is 514 g/mol. The quantitative estimate of drug-likeness (QED) is 0.445. The van der Waals surface area contributed by atoms with E-state index in [2.05, 4.69) is 20.0 Å². The number of fused-ring (bicyclic) bond motifs is 2. The summed E-state index contributed by atoms with van der Waals surface area (Å²) >= 11 is 0. The molecule has 2 aliphatic heterocycles. The number of ether oxygens (including phenoxy) is 1. The fraction of sp³-hybridized carbons (Fsp3) is 0.462. The second-order valence-corrected chi connectivity index (χ2v) is 9.94. The number of halogens is 3. The lowest BCUT2D eigenvalue weighted by atomic mass is 9.98. The van der Waals surface area contributed by atoms with Crippen molar-refractivity contribution in [2.75, 3.05) is 4.90 Å². The molecule has 1 saturated carbocycles. The number of hydrogen-bond donors (Lipinski definition) is 1. The van der Waals surface area contributed by atoms with E-state index in [0.717, 1.165) is 31.7 Å². The highest BCUT2D eigenvalue weighted by Crippen LogP contribution is 2.46. The topological polar surface area (TPSA) is 102 Å². The molecule has 2 atom stereocenters. The SMILES string of the molecule is O=C(O)c1ccnc(N2C3CCC2CC(OCc2c(-c4ccccc4C(F)(F)F)noc2C2CC2)C3)n1. The van der Waals surface area contributed by atoms with Crippen molar-refractivity contribution in [3.05, 3.63) is 59.1 Å². The Bertz CT molecular complexity index is 1310. The third-order valence-corrected chi connectivity index (χ3v) is 7.50. The zero-order valence-corrected chi connectivity index (χ0v) is 19.8. The van der Waals surface area contributed by atoms with Gasteiger partial charge in [0, 0.05) is 35.3 Å². The van der Waals surface area contributed by atoms with Crippen molar-refractivity contribution >= 4 is 11.9 Å². The summed E-state index contributed by atoms with van der Waals surface area (Å²) in [6.45, 7) is 0.117. The Morgan fingerprint density at radius 3 is 2.51 bits per heavy atom. The van der Waals surface area contributed by atoms with E-state index >= 15 is 0 Å². The van der Waals surface area contributed by atoms with E-state index in [1.54, 1.807) is 6.07 Å². The van der Waals surface area contributed by atoms with Gasteiger partial charge in [0.05, 0.1) is 18.3 Å². The summed E-state index contributed by atoms with van der Waals surface area (Å²) in [5, 5.41) is 13.4. The van der Waals surface area contributed by atoms with Gasteiger partial charge in [-0.25, -0.2) is 14.8 Å². The van der Waals surface area contributed by atoms with Crippen molar-refractivity contribution in [3.8, 4) is 11.3 Å². The molecule has 3 aliphatic rings. The molecule has 3 aromatic rings. The van der Waals surface area contributed by atoms with Gasteiger partial charge < -0.3 is 19.3 Å². The molecular formula is C26H25F3N4O4. The van der Waals surface area contributed by atoms with Crippen LogP contribution in [0.15, 0.2) is 41.1 Å². The highest BCUT2D eigenvalue weighted by Gasteiger charge is 2.43. The van der Waals surface area contributed by atoms with E-state index in [9.17, 15) is 23.1 Å². The predicted molar refractivity (Wildman–Crippen MR) is 125 cm³/mol. The molecule has 0 spiro atoms. The number of nitrogens with zero attached hydrogens (tertiary/aromatic N) is 4. The summed E-state index contributed by atoms with van der Waals surface area (Å²) in [5.74, 6) is 0.0881. The van der Waals surface area contributed by atoms with Crippen molar-refractivity contribution in [1.82, 2.24) is 15.1 Å². The molecule has 2 saturated heterocycles. The van der Waals surface area contributed by atoms with Crippen LogP contribution in [0.3, 0.4) is 0 Å². The smallest absolute Gasteiger partial charge is 0.417 e. The maximum absolute atomic E-state index is 13.7. The van der Waals surface area contributed by atoms with Gasteiger partial charge in [-0.1, -0.05) is 23.4 Å². The normalized spacial score (nSPS) is 23.4. The molecule has 1 N–H and O–H groups in total. The molecule has 2 bridgehead atoms. The minimum atomic E-state index is -4.51. The Balaban J connectivity index is 1.22. The van der Waals surface area contributed by atoms with Crippen LogP contribution in [0.5, 0.6) is 0 Å². The van der Waals surface area contributed by atoms with Crippen LogP contribution in [0.2, 0.25) is 0 Å². The number of benzene rings is 1. The molecule has 8 nitrogen and oxygen atoms in total. The molecule has 1 aromatic carbocycles. The third-order valence-electron chi connectivity index (χ3n) is 7.50. The van der Waals surface area contributed by atoms with Gasteiger partial charge in [-0.3, -0.25) is 0 Å². The first kappa shape index (κ1) is 23.9. The van der Waals surface area contributed by atoms with Crippen LogP contribution < -0.4 is 4.90 Å². The van der Waals surface area contributed by atoms with Gasteiger partial charge >= 0.3 is 12.1 Å². The van der Waals surface area contributed by atoms with Gasteiger partial charge in [0.25, 0.3) is 0 Å². The van der Waals surface area contributed by atoms with Gasteiger partial charge in [-0.05, 0) is 50.7 Å². The zero-order valence-electron chi connectivity index (χ0n) is 19.8. The number of hydrogen-bond acceptors (Lipinski definition) is 7. The average Bonchev–Trinajstić information content (AvgIpc) is 3.58. The molecular weight excluding hydrogens is 489 g/mol. The van der Waals surface area contributed by atoms with Gasteiger partial charge in [0.15, 0.2) is 5.69 Å². The van der Waals surface area contributed by atoms with Crippen LogP contribution in [-0.4, -0.2) is 44.4 Å². The Labute approximate surface area is 210 Å². The van der Waals surface area contributed by atoms with Crippen LogP contribution in [0.1, 0.15) is 71.8 Å². The number of piperidine rings is 1. The lowest BCUT2D eigenvalue weighted by molar-refractivity contribution is -0.137. The summed E-state index contributed by atoms with van der Waals surface area (Å²) in [7, 11) is 0. The molecule has 3 fully saturated rings. The second kappa shape index (κ2) is 9.13. The van der Waals surface area contributed by atoms with Crippen LogP contribution in [0.4, 0.5) is 19.1 Å². The van der Waals surface area contributed by atoms with Gasteiger partial charge in [-0.15, -0.1) is 0 Å². The average molecular weight is 515 g/mol. The standard InChI is InChI=1S/C26H25F3N4O4/c27-26(28,29)20-4-2-1-3-18(20)22-19(23(37-32-22)14-5-6-14)13-36-17-11-15-7-8-16(12-17)33(15)25-30-10-9-21(31-25)24(34)35/h1-4,9-10,14-17H,5-8,11-13H2,(H,34,35). The molecule has 6 rings (SSSR count). The van der Waals surface area contributed by atoms with Crippen LogP contribution in [-0.2, 0) is 17.5 Å². The van der Waals surface area contributed by atoms with E-state index in [1.807, 2.05) is 0 Å². The Hall–Kier alpha value is -3.47. The molecule has 11 heteroatoms. The third kappa shape index (κ3) is 4.56. The second-order valence-electron chi connectivity index (χ2n) is 9.94. The summed E-state index contributed by atoms with van der Waals surface area (Å²) in [6.07, 6.45) is 1.88. The molecule has 194 valence electrons. The lowest BCUT2D eigenvalue weighted by Gasteiger charge is -2.38. The van der Waals surface area contributed by atoms with Crippen LogP contribution in [0, 0.1) is 0 Å². The number of alkyl halides is 3. The maximum atomic E-state index is 13.7. The van der Waals surface area contributed by atoms with Crippen molar-refractivity contribution in [2.45, 2.75) is 75.4 Å². The van der Waals surface area contributed by atoms with Gasteiger partial charge in [0.2, 0.25) is 5.95 Å². The molecule has 2 unspecified atom stereocenters. The molecule has 2 aromatic heterocycles. The number of carboxylic acids is 1. The van der Waals surface area contributed by atoms with E-state index < -0.39 is 17.7 Å². The molecule has 1 aliphatic carbocycles. The number of rotatable bonds is 7. The number of aromatic nitrogens is 3. The van der Waals surface area contributed by atoms with Crippen molar-refractivity contribution in [3.63, 3.8) is 0 Å². The maximum Gasteiger partial charge on any atom is 0.417 e. The molecule has 4 heterocycles. The molecule has 0 amide bonds. The predicted octanol–water partition coefficient (Wildman–Crippen LogP) is 5.44. The fourth-order valence-electron chi connectivity index (χ4n) is 5.66. The van der Waals surface area contributed by atoms with Crippen molar-refractivity contribution < 1.29 is 32.3 Å². The van der Waals surface area contributed by atoms with E-state index in [1.165, 1.54) is 24.4 Å². The van der Waals surface area contributed by atoms with Gasteiger partial charge in [-0.2, -0.15) is 13.2 Å². The van der Waals surface area contributed by atoms with E-state index in [4.69, 9.17) is 9.26 Å². The summed E-state index contributed by atoms with van der Waals surface area (Å²) in [6, 6.07) is 6.98. The molecule has 37 heavy (non-hydrogen) atoms. The largest absolute Gasteiger partial charge is 0.477 e. The summed E-state index contributed by atoms with van der Waals surface area (Å²) in [4.78, 5) is 22.0. The Morgan fingerprint density at radius 1 is 1.11 bits per heavy atom. The highest BCUT2D eigenvalue weighted by molar-refractivity contribution is 5.85. The number of anilines is 1. The number of carbonyl (C=O) groups is 1. The van der Waals surface area contributed by atoms with Gasteiger partial charge in [0.1, 0.15) is 11.5 Å². The van der Waals surface area contributed by atoms with E-state index in [-0.39, 0.29) is 47.7 Å².